The maximum absolute atomic E-state index is 13.2. The Morgan fingerprint density at radius 1 is 1.11 bits per heavy atom. The lowest BCUT2D eigenvalue weighted by Crippen LogP contribution is -2.47. The molecule has 0 spiro atoms. The summed E-state index contributed by atoms with van der Waals surface area (Å²) in [5.74, 6) is -0.608. The summed E-state index contributed by atoms with van der Waals surface area (Å²) in [4.78, 5) is 41.8. The smallest absolute Gasteiger partial charge is 0.256 e. The van der Waals surface area contributed by atoms with Gasteiger partial charge in [-0.2, -0.15) is 0 Å². The molecule has 3 amide bonds. The molecular weight excluding hydrogens is 354 g/mol. The molecule has 4 rings (SSSR count). The molecule has 0 aromatic heterocycles. The molecule has 6 heteroatoms. The Balaban J connectivity index is 1.59. The highest BCUT2D eigenvalue weighted by Gasteiger charge is 2.42. The summed E-state index contributed by atoms with van der Waals surface area (Å²) >= 11 is 0. The second-order valence-electron chi connectivity index (χ2n) is 7.20. The molecular formula is C22H23N3O3. The highest BCUT2D eigenvalue weighted by molar-refractivity contribution is 6.13. The van der Waals surface area contributed by atoms with Gasteiger partial charge in [0.25, 0.3) is 5.91 Å². The van der Waals surface area contributed by atoms with Crippen LogP contribution in [0.5, 0.6) is 0 Å². The number of aryl methyl sites for hydroxylation is 1. The predicted octanol–water partition coefficient (Wildman–Crippen LogP) is 2.84. The first-order valence-electron chi connectivity index (χ1n) is 9.68. The van der Waals surface area contributed by atoms with Gasteiger partial charge in [-0.05, 0) is 49.1 Å². The Morgan fingerprint density at radius 3 is 2.61 bits per heavy atom. The van der Waals surface area contributed by atoms with Crippen molar-refractivity contribution in [1.82, 2.24) is 4.90 Å². The molecule has 2 aliphatic heterocycles. The summed E-state index contributed by atoms with van der Waals surface area (Å²) in [6.07, 6.45) is 2.36. The van der Waals surface area contributed by atoms with Gasteiger partial charge in [-0.15, -0.1) is 0 Å². The Kier molecular flexibility index (Phi) is 4.86. The fraction of sp³-hybridized carbons (Fsp3) is 0.318. The molecule has 0 saturated carbocycles. The van der Waals surface area contributed by atoms with Crippen LogP contribution in [-0.2, 0) is 16.0 Å². The normalized spacial score (nSPS) is 18.5. The van der Waals surface area contributed by atoms with Crippen molar-refractivity contribution >= 4 is 29.1 Å². The van der Waals surface area contributed by atoms with Crippen LogP contribution in [0.15, 0.2) is 48.5 Å². The number of fused-ring (bicyclic) bond motifs is 2. The van der Waals surface area contributed by atoms with Gasteiger partial charge >= 0.3 is 0 Å². The van der Waals surface area contributed by atoms with Crippen LogP contribution in [0, 0.1) is 0 Å². The van der Waals surface area contributed by atoms with Crippen LogP contribution in [0.3, 0.4) is 0 Å². The summed E-state index contributed by atoms with van der Waals surface area (Å²) in [7, 11) is 0. The number of nitrogens with zero attached hydrogens (tertiary/aromatic N) is 2. The minimum absolute atomic E-state index is 0.122. The average Bonchev–Trinajstić information content (AvgIpc) is 3.19. The Hall–Kier alpha value is -3.15. The molecule has 2 aromatic carbocycles. The molecule has 6 nitrogen and oxygen atoms in total. The third-order valence-corrected chi connectivity index (χ3v) is 5.44. The summed E-state index contributed by atoms with van der Waals surface area (Å²) in [5.41, 5.74) is 2.86. The number of hydrogen-bond acceptors (Lipinski definition) is 3. The monoisotopic (exact) mass is 377 g/mol. The summed E-state index contributed by atoms with van der Waals surface area (Å²) < 4.78 is 0. The molecule has 1 unspecified atom stereocenters. The zero-order chi connectivity index (χ0) is 19.7. The third-order valence-electron chi connectivity index (χ3n) is 5.44. The fourth-order valence-corrected chi connectivity index (χ4v) is 3.94. The molecule has 1 fully saturated rings. The minimum Gasteiger partial charge on any atom is -0.327 e. The van der Waals surface area contributed by atoms with Crippen LogP contribution >= 0.6 is 0 Å². The van der Waals surface area contributed by atoms with E-state index in [1.165, 1.54) is 10.5 Å². The van der Waals surface area contributed by atoms with E-state index in [0.29, 0.717) is 29.9 Å². The molecule has 1 atom stereocenters. The number of amides is 3. The van der Waals surface area contributed by atoms with Gasteiger partial charge in [0, 0.05) is 12.2 Å². The van der Waals surface area contributed by atoms with E-state index in [9.17, 15) is 14.4 Å². The topological polar surface area (TPSA) is 69.7 Å². The minimum atomic E-state index is -0.489. The SMILES string of the molecule is CCc1ccc(NC(=O)CN2C(=O)C3CCCN3C(=O)c3ccccc32)cc1. The molecule has 1 saturated heterocycles. The molecule has 2 heterocycles. The van der Waals surface area contributed by atoms with Crippen LogP contribution < -0.4 is 10.2 Å². The van der Waals surface area contributed by atoms with Crippen molar-refractivity contribution in [2.75, 3.05) is 23.3 Å². The average molecular weight is 377 g/mol. The van der Waals surface area contributed by atoms with Crippen molar-refractivity contribution in [1.29, 1.82) is 0 Å². The molecule has 0 radical (unpaired) electrons. The highest BCUT2D eigenvalue weighted by atomic mass is 16.2. The van der Waals surface area contributed by atoms with Crippen molar-refractivity contribution in [3.63, 3.8) is 0 Å². The zero-order valence-corrected chi connectivity index (χ0v) is 15.9. The van der Waals surface area contributed by atoms with E-state index < -0.39 is 6.04 Å². The summed E-state index contributed by atoms with van der Waals surface area (Å²) in [6, 6.07) is 14.2. The highest BCUT2D eigenvalue weighted by Crippen LogP contribution is 2.32. The van der Waals surface area contributed by atoms with Gasteiger partial charge in [0.05, 0.1) is 11.3 Å². The molecule has 1 N–H and O–H groups in total. The van der Waals surface area contributed by atoms with Crippen LogP contribution in [0.25, 0.3) is 0 Å². The lowest BCUT2D eigenvalue weighted by atomic mass is 10.1. The van der Waals surface area contributed by atoms with E-state index in [1.807, 2.05) is 24.3 Å². The maximum Gasteiger partial charge on any atom is 0.256 e. The number of carbonyl (C=O) groups is 3. The zero-order valence-electron chi connectivity index (χ0n) is 15.9. The lowest BCUT2D eigenvalue weighted by Gasteiger charge is -2.25. The van der Waals surface area contributed by atoms with Gasteiger partial charge in [-0.3, -0.25) is 14.4 Å². The largest absolute Gasteiger partial charge is 0.327 e. The first-order valence-corrected chi connectivity index (χ1v) is 9.68. The Morgan fingerprint density at radius 2 is 1.86 bits per heavy atom. The number of hydrogen-bond donors (Lipinski definition) is 1. The number of benzene rings is 2. The molecule has 144 valence electrons. The van der Waals surface area contributed by atoms with E-state index in [0.717, 1.165) is 12.8 Å². The van der Waals surface area contributed by atoms with Gasteiger partial charge < -0.3 is 15.1 Å². The maximum atomic E-state index is 13.2. The van der Waals surface area contributed by atoms with Gasteiger partial charge in [0.2, 0.25) is 11.8 Å². The second-order valence-corrected chi connectivity index (χ2v) is 7.20. The van der Waals surface area contributed by atoms with Gasteiger partial charge in [-0.1, -0.05) is 31.2 Å². The van der Waals surface area contributed by atoms with Gasteiger partial charge in [-0.25, -0.2) is 0 Å². The van der Waals surface area contributed by atoms with Crippen LogP contribution in [0.4, 0.5) is 11.4 Å². The molecule has 2 aromatic rings. The quantitative estimate of drug-likeness (QED) is 0.891. The number of nitrogens with one attached hydrogen (secondary N) is 1. The fourth-order valence-electron chi connectivity index (χ4n) is 3.94. The van der Waals surface area contributed by atoms with E-state index in [-0.39, 0.29) is 24.3 Å². The second kappa shape index (κ2) is 7.46. The Bertz CT molecular complexity index is 923. The van der Waals surface area contributed by atoms with E-state index in [4.69, 9.17) is 0 Å². The number of anilines is 2. The first kappa shape index (κ1) is 18.2. The van der Waals surface area contributed by atoms with Crippen molar-refractivity contribution in [3.05, 3.63) is 59.7 Å². The van der Waals surface area contributed by atoms with Crippen LogP contribution in [-0.4, -0.2) is 41.8 Å². The van der Waals surface area contributed by atoms with Crippen LogP contribution in [0.2, 0.25) is 0 Å². The molecule has 0 bridgehead atoms. The van der Waals surface area contributed by atoms with Crippen molar-refractivity contribution in [2.45, 2.75) is 32.2 Å². The van der Waals surface area contributed by atoms with Gasteiger partial charge in [0.1, 0.15) is 12.6 Å². The Labute approximate surface area is 164 Å². The van der Waals surface area contributed by atoms with Gasteiger partial charge in [0.15, 0.2) is 0 Å². The summed E-state index contributed by atoms with van der Waals surface area (Å²) in [6.45, 7) is 2.53. The molecule has 28 heavy (non-hydrogen) atoms. The number of carbonyl (C=O) groups excluding carboxylic acids is 3. The molecule has 0 aliphatic carbocycles. The van der Waals surface area contributed by atoms with E-state index in [1.54, 1.807) is 29.2 Å². The van der Waals surface area contributed by atoms with Crippen LogP contribution in [0.1, 0.15) is 35.7 Å². The van der Waals surface area contributed by atoms with Crippen molar-refractivity contribution in [3.8, 4) is 0 Å². The van der Waals surface area contributed by atoms with Crippen molar-refractivity contribution < 1.29 is 14.4 Å². The lowest BCUT2D eigenvalue weighted by molar-refractivity contribution is -0.124. The standard InChI is InChI=1S/C22H23N3O3/c1-2-15-9-11-16(12-10-15)23-20(26)14-25-18-7-4-3-6-17(18)21(27)24-13-5-8-19(24)22(25)28/h3-4,6-7,9-12,19H,2,5,8,13-14H2,1H3,(H,23,26). The number of rotatable bonds is 4. The molecule has 2 aliphatic rings. The van der Waals surface area contributed by atoms with E-state index in [2.05, 4.69) is 12.2 Å². The number of para-hydroxylation sites is 1. The van der Waals surface area contributed by atoms with E-state index >= 15 is 0 Å². The first-order chi connectivity index (χ1) is 13.6. The third kappa shape index (κ3) is 3.26. The summed E-state index contributed by atoms with van der Waals surface area (Å²) in [5, 5.41) is 2.85. The van der Waals surface area contributed by atoms with Crippen molar-refractivity contribution in [2.24, 2.45) is 0 Å². The predicted molar refractivity (Wildman–Crippen MR) is 107 cm³/mol.